The summed E-state index contributed by atoms with van der Waals surface area (Å²) in [5, 5.41) is 3.45. The Balaban J connectivity index is 2.17. The van der Waals surface area contributed by atoms with Crippen LogP contribution in [0.2, 0.25) is 0 Å². The second kappa shape index (κ2) is 5.51. The van der Waals surface area contributed by atoms with Gasteiger partial charge in [-0.25, -0.2) is 0 Å². The first-order valence-electron chi connectivity index (χ1n) is 5.88. The van der Waals surface area contributed by atoms with E-state index in [1.807, 2.05) is 18.2 Å². The van der Waals surface area contributed by atoms with Gasteiger partial charge in [0.1, 0.15) is 0 Å². The topological polar surface area (TPSA) is 38.0 Å². The quantitative estimate of drug-likeness (QED) is 0.840. The minimum Gasteiger partial charge on any atom is -0.377 e. The molecule has 17 heavy (non-hydrogen) atoms. The molecule has 0 fully saturated rings. The predicted molar refractivity (Wildman–Crippen MR) is 73.0 cm³/mol. The lowest BCUT2D eigenvalue weighted by molar-refractivity contribution is 0.789. The Labute approximate surface area is 102 Å². The number of hydrogen-bond acceptors (Lipinski definition) is 2. The molecule has 1 atom stereocenters. The van der Waals surface area contributed by atoms with Crippen LogP contribution in [0.3, 0.4) is 0 Å². The zero-order valence-electron chi connectivity index (χ0n) is 10.1. The van der Waals surface area contributed by atoms with Gasteiger partial charge in [-0.1, -0.05) is 48.0 Å². The summed E-state index contributed by atoms with van der Waals surface area (Å²) in [5.41, 5.74) is 9.43. The van der Waals surface area contributed by atoms with Crippen molar-refractivity contribution >= 4 is 5.69 Å². The largest absolute Gasteiger partial charge is 0.377 e. The standard InChI is InChI=1S/C15H18N2/c1-12-6-5-7-13(10-12)15(11-16)17-14-8-3-2-4-9-14/h2-10,15,17H,11,16H2,1H3. The number of anilines is 1. The van der Waals surface area contributed by atoms with E-state index in [1.54, 1.807) is 0 Å². The van der Waals surface area contributed by atoms with Crippen molar-refractivity contribution in [2.45, 2.75) is 13.0 Å². The molecule has 0 heterocycles. The van der Waals surface area contributed by atoms with Crippen molar-refractivity contribution in [3.63, 3.8) is 0 Å². The molecule has 2 rings (SSSR count). The van der Waals surface area contributed by atoms with E-state index in [0.717, 1.165) is 5.69 Å². The van der Waals surface area contributed by atoms with Crippen LogP contribution in [0.25, 0.3) is 0 Å². The van der Waals surface area contributed by atoms with Gasteiger partial charge in [-0.05, 0) is 24.6 Å². The summed E-state index contributed by atoms with van der Waals surface area (Å²) >= 11 is 0. The van der Waals surface area contributed by atoms with Crippen molar-refractivity contribution in [2.24, 2.45) is 5.73 Å². The van der Waals surface area contributed by atoms with Crippen LogP contribution < -0.4 is 11.1 Å². The summed E-state index contributed by atoms with van der Waals surface area (Å²) in [5.74, 6) is 0. The van der Waals surface area contributed by atoms with E-state index in [4.69, 9.17) is 5.73 Å². The summed E-state index contributed by atoms with van der Waals surface area (Å²) < 4.78 is 0. The number of benzene rings is 2. The van der Waals surface area contributed by atoms with Crippen LogP contribution in [0.4, 0.5) is 5.69 Å². The first kappa shape index (κ1) is 11.7. The second-order valence-electron chi connectivity index (χ2n) is 4.21. The second-order valence-corrected chi connectivity index (χ2v) is 4.21. The van der Waals surface area contributed by atoms with Gasteiger partial charge in [-0.15, -0.1) is 0 Å². The maximum atomic E-state index is 5.84. The Kier molecular flexibility index (Phi) is 3.78. The highest BCUT2D eigenvalue weighted by Gasteiger charge is 2.08. The molecule has 0 saturated heterocycles. The van der Waals surface area contributed by atoms with Crippen molar-refractivity contribution in [3.05, 3.63) is 65.7 Å². The summed E-state index contributed by atoms with van der Waals surface area (Å²) in [6, 6.07) is 18.8. The first-order valence-corrected chi connectivity index (χ1v) is 5.88. The third-order valence-corrected chi connectivity index (χ3v) is 2.79. The minimum atomic E-state index is 0.164. The molecule has 0 amide bonds. The van der Waals surface area contributed by atoms with Crippen LogP contribution in [0.5, 0.6) is 0 Å². The molecule has 3 N–H and O–H groups in total. The molecule has 2 nitrogen and oxygen atoms in total. The molecule has 0 spiro atoms. The highest BCUT2D eigenvalue weighted by Crippen LogP contribution is 2.19. The zero-order valence-corrected chi connectivity index (χ0v) is 10.1. The van der Waals surface area contributed by atoms with Crippen LogP contribution in [0, 0.1) is 6.92 Å². The fraction of sp³-hybridized carbons (Fsp3) is 0.200. The number of nitrogens with two attached hydrogens (primary N) is 1. The maximum Gasteiger partial charge on any atom is 0.0636 e. The van der Waals surface area contributed by atoms with Crippen LogP contribution >= 0.6 is 0 Å². The van der Waals surface area contributed by atoms with E-state index >= 15 is 0 Å². The molecule has 1 unspecified atom stereocenters. The van der Waals surface area contributed by atoms with Crippen LogP contribution in [0.15, 0.2) is 54.6 Å². The molecule has 0 aliphatic carbocycles. The van der Waals surface area contributed by atoms with Crippen molar-refractivity contribution < 1.29 is 0 Å². The van der Waals surface area contributed by atoms with E-state index < -0.39 is 0 Å². The Morgan fingerprint density at radius 1 is 1.06 bits per heavy atom. The highest BCUT2D eigenvalue weighted by atomic mass is 14.9. The summed E-state index contributed by atoms with van der Waals surface area (Å²) in [7, 11) is 0. The summed E-state index contributed by atoms with van der Waals surface area (Å²) in [6.07, 6.45) is 0. The molecular weight excluding hydrogens is 208 g/mol. The first-order chi connectivity index (χ1) is 8.29. The maximum absolute atomic E-state index is 5.84. The van der Waals surface area contributed by atoms with E-state index in [2.05, 4.69) is 48.6 Å². The Bertz CT molecular complexity index is 465. The predicted octanol–water partition coefficient (Wildman–Crippen LogP) is 3.11. The Morgan fingerprint density at radius 2 is 1.82 bits per heavy atom. The fourth-order valence-corrected chi connectivity index (χ4v) is 1.90. The Morgan fingerprint density at radius 3 is 2.47 bits per heavy atom. The molecular formula is C15H18N2. The zero-order chi connectivity index (χ0) is 12.1. The lowest BCUT2D eigenvalue weighted by atomic mass is 10.0. The van der Waals surface area contributed by atoms with Crippen LogP contribution in [-0.2, 0) is 0 Å². The molecule has 0 radical (unpaired) electrons. The van der Waals surface area contributed by atoms with Gasteiger partial charge in [0.05, 0.1) is 6.04 Å². The van der Waals surface area contributed by atoms with Crippen molar-refractivity contribution in [1.29, 1.82) is 0 Å². The lowest BCUT2D eigenvalue weighted by Crippen LogP contribution is -2.20. The number of rotatable bonds is 4. The number of nitrogens with one attached hydrogen (secondary N) is 1. The average molecular weight is 226 g/mol. The number of aryl methyl sites for hydroxylation is 1. The van der Waals surface area contributed by atoms with Gasteiger partial charge in [-0.3, -0.25) is 0 Å². The molecule has 88 valence electrons. The minimum absolute atomic E-state index is 0.164. The summed E-state index contributed by atoms with van der Waals surface area (Å²) in [6.45, 7) is 2.68. The molecule has 2 heteroatoms. The van der Waals surface area contributed by atoms with Crippen molar-refractivity contribution in [2.75, 3.05) is 11.9 Å². The molecule has 2 aromatic rings. The van der Waals surface area contributed by atoms with Crippen LogP contribution in [-0.4, -0.2) is 6.54 Å². The smallest absolute Gasteiger partial charge is 0.0636 e. The van der Waals surface area contributed by atoms with Gasteiger partial charge in [-0.2, -0.15) is 0 Å². The molecule has 0 aliphatic rings. The lowest BCUT2D eigenvalue weighted by Gasteiger charge is -2.19. The average Bonchev–Trinajstić information content (AvgIpc) is 2.37. The van der Waals surface area contributed by atoms with E-state index in [-0.39, 0.29) is 6.04 Å². The molecule has 0 bridgehead atoms. The molecule has 0 saturated carbocycles. The number of hydrogen-bond donors (Lipinski definition) is 2. The normalized spacial score (nSPS) is 12.1. The van der Waals surface area contributed by atoms with Gasteiger partial charge in [0.15, 0.2) is 0 Å². The van der Waals surface area contributed by atoms with E-state index in [1.165, 1.54) is 11.1 Å². The molecule has 2 aromatic carbocycles. The van der Waals surface area contributed by atoms with E-state index in [0.29, 0.717) is 6.54 Å². The monoisotopic (exact) mass is 226 g/mol. The molecule has 0 aromatic heterocycles. The highest BCUT2D eigenvalue weighted by molar-refractivity contribution is 5.45. The van der Waals surface area contributed by atoms with Gasteiger partial charge in [0, 0.05) is 12.2 Å². The molecule has 0 aliphatic heterocycles. The third kappa shape index (κ3) is 3.08. The van der Waals surface area contributed by atoms with Gasteiger partial charge >= 0.3 is 0 Å². The van der Waals surface area contributed by atoms with Gasteiger partial charge < -0.3 is 11.1 Å². The van der Waals surface area contributed by atoms with Crippen molar-refractivity contribution in [3.8, 4) is 0 Å². The van der Waals surface area contributed by atoms with Crippen molar-refractivity contribution in [1.82, 2.24) is 0 Å². The van der Waals surface area contributed by atoms with Gasteiger partial charge in [0.25, 0.3) is 0 Å². The van der Waals surface area contributed by atoms with Gasteiger partial charge in [0.2, 0.25) is 0 Å². The Hall–Kier alpha value is -1.80. The third-order valence-electron chi connectivity index (χ3n) is 2.79. The van der Waals surface area contributed by atoms with Crippen LogP contribution in [0.1, 0.15) is 17.2 Å². The summed E-state index contributed by atoms with van der Waals surface area (Å²) in [4.78, 5) is 0. The SMILES string of the molecule is Cc1cccc(C(CN)Nc2ccccc2)c1. The number of para-hydroxylation sites is 1. The van der Waals surface area contributed by atoms with E-state index in [9.17, 15) is 0 Å². The fourth-order valence-electron chi connectivity index (χ4n) is 1.90.